The first-order chi connectivity index (χ1) is 10.0. The van der Waals surface area contributed by atoms with Gasteiger partial charge in [-0.3, -0.25) is 4.68 Å². The first-order valence-electron chi connectivity index (χ1n) is 6.66. The predicted molar refractivity (Wildman–Crippen MR) is 91.9 cm³/mol. The van der Waals surface area contributed by atoms with Crippen molar-refractivity contribution in [3.8, 4) is 0 Å². The minimum atomic E-state index is 0.667. The Morgan fingerprint density at radius 1 is 1.19 bits per heavy atom. The zero-order valence-corrected chi connectivity index (χ0v) is 14.2. The van der Waals surface area contributed by atoms with E-state index in [0.717, 1.165) is 21.4 Å². The summed E-state index contributed by atoms with van der Waals surface area (Å²) in [6.07, 6.45) is 0. The van der Waals surface area contributed by atoms with E-state index in [1.807, 2.05) is 20.0 Å². The number of nitrogens with one attached hydrogen (secondary N) is 1. The summed E-state index contributed by atoms with van der Waals surface area (Å²) in [5, 5.41) is 10.8. The topological polar surface area (TPSA) is 29.9 Å². The third-order valence-corrected chi connectivity index (χ3v) is 4.51. The number of hydrogen-bond donors (Lipinski definition) is 1. The van der Waals surface area contributed by atoms with Crippen LogP contribution in [0.1, 0.15) is 11.3 Å². The Bertz CT molecular complexity index is 811. The molecule has 21 heavy (non-hydrogen) atoms. The Balaban J connectivity index is 1.83. The van der Waals surface area contributed by atoms with Crippen molar-refractivity contribution in [3.63, 3.8) is 0 Å². The zero-order valence-electron chi connectivity index (χ0n) is 11.8. The van der Waals surface area contributed by atoms with Crippen LogP contribution in [0.4, 0.5) is 5.69 Å². The molecule has 3 nitrogen and oxygen atoms in total. The molecule has 0 unspecified atom stereocenters. The van der Waals surface area contributed by atoms with Crippen LogP contribution in [0, 0.1) is 6.92 Å². The lowest BCUT2D eigenvalue weighted by atomic mass is 10.1. The van der Waals surface area contributed by atoms with E-state index < -0.39 is 0 Å². The second-order valence-electron chi connectivity index (χ2n) is 5.04. The third-order valence-electron chi connectivity index (χ3n) is 3.54. The van der Waals surface area contributed by atoms with Gasteiger partial charge >= 0.3 is 0 Å². The maximum Gasteiger partial charge on any atom is 0.131 e. The molecule has 1 heterocycles. The smallest absolute Gasteiger partial charge is 0.131 e. The van der Waals surface area contributed by atoms with E-state index in [0.29, 0.717) is 11.7 Å². The molecule has 108 valence electrons. The Hall–Kier alpha value is -1.52. The summed E-state index contributed by atoms with van der Waals surface area (Å²) in [6.45, 7) is 2.64. The number of fused-ring (bicyclic) bond motifs is 1. The molecule has 0 aliphatic carbocycles. The van der Waals surface area contributed by atoms with Crippen molar-refractivity contribution in [2.45, 2.75) is 13.5 Å². The maximum absolute atomic E-state index is 6.25. The van der Waals surface area contributed by atoms with Crippen LogP contribution < -0.4 is 5.32 Å². The SMILES string of the molecule is Cc1nn(C)c(Cl)c1CNc1ccc2cc(Br)ccc2c1. The molecule has 3 aromatic rings. The van der Waals surface area contributed by atoms with E-state index in [1.165, 1.54) is 10.8 Å². The number of aryl methyl sites for hydroxylation is 2. The summed E-state index contributed by atoms with van der Waals surface area (Å²) in [5.41, 5.74) is 3.07. The van der Waals surface area contributed by atoms with Gasteiger partial charge in [-0.2, -0.15) is 5.10 Å². The third kappa shape index (κ3) is 2.92. The molecule has 3 rings (SSSR count). The van der Waals surface area contributed by atoms with Crippen LogP contribution in [-0.4, -0.2) is 9.78 Å². The van der Waals surface area contributed by atoms with E-state index in [2.05, 4.69) is 56.7 Å². The highest BCUT2D eigenvalue weighted by atomic mass is 79.9. The summed E-state index contributed by atoms with van der Waals surface area (Å²) >= 11 is 9.74. The fraction of sp³-hybridized carbons (Fsp3) is 0.188. The molecule has 0 bridgehead atoms. The quantitative estimate of drug-likeness (QED) is 0.715. The molecule has 1 N–H and O–H groups in total. The second kappa shape index (κ2) is 5.70. The fourth-order valence-corrected chi connectivity index (χ4v) is 3.01. The zero-order chi connectivity index (χ0) is 15.0. The highest BCUT2D eigenvalue weighted by Gasteiger charge is 2.10. The van der Waals surface area contributed by atoms with Gasteiger partial charge < -0.3 is 5.32 Å². The van der Waals surface area contributed by atoms with Gasteiger partial charge in [-0.25, -0.2) is 0 Å². The molecule has 0 saturated heterocycles. The molecular formula is C16H15BrClN3. The Kier molecular flexibility index (Phi) is 3.91. The lowest BCUT2D eigenvalue weighted by Crippen LogP contribution is -2.00. The lowest BCUT2D eigenvalue weighted by Gasteiger charge is -2.08. The number of hydrogen-bond acceptors (Lipinski definition) is 2. The van der Waals surface area contributed by atoms with Gasteiger partial charge in [0.15, 0.2) is 0 Å². The van der Waals surface area contributed by atoms with Gasteiger partial charge in [-0.05, 0) is 42.0 Å². The van der Waals surface area contributed by atoms with Gasteiger partial charge in [0.2, 0.25) is 0 Å². The summed E-state index contributed by atoms with van der Waals surface area (Å²) in [4.78, 5) is 0. The molecule has 0 saturated carbocycles. The predicted octanol–water partition coefficient (Wildman–Crippen LogP) is 4.91. The highest BCUT2D eigenvalue weighted by Crippen LogP contribution is 2.24. The standard InChI is InChI=1S/C16H15BrClN3/c1-10-15(16(18)21(2)20-10)9-19-14-6-4-11-7-13(17)5-3-12(11)8-14/h3-8,19H,9H2,1-2H3. The summed E-state index contributed by atoms with van der Waals surface area (Å²) in [6, 6.07) is 12.6. The molecule has 0 spiro atoms. The van der Waals surface area contributed by atoms with Crippen molar-refractivity contribution in [1.82, 2.24) is 9.78 Å². The molecule has 2 aromatic carbocycles. The largest absolute Gasteiger partial charge is 0.381 e. The first-order valence-corrected chi connectivity index (χ1v) is 7.83. The molecule has 0 fully saturated rings. The number of halogens is 2. The Morgan fingerprint density at radius 3 is 2.62 bits per heavy atom. The van der Waals surface area contributed by atoms with E-state index in [4.69, 9.17) is 11.6 Å². The van der Waals surface area contributed by atoms with Crippen molar-refractivity contribution >= 4 is 44.0 Å². The van der Waals surface area contributed by atoms with E-state index in [1.54, 1.807) is 4.68 Å². The summed E-state index contributed by atoms with van der Waals surface area (Å²) < 4.78 is 2.79. The average Bonchev–Trinajstić information content (AvgIpc) is 2.70. The van der Waals surface area contributed by atoms with Gasteiger partial charge in [0.25, 0.3) is 0 Å². The first kappa shape index (κ1) is 14.4. The van der Waals surface area contributed by atoms with Crippen LogP contribution in [0.15, 0.2) is 40.9 Å². The van der Waals surface area contributed by atoms with Crippen molar-refractivity contribution in [1.29, 1.82) is 0 Å². The van der Waals surface area contributed by atoms with Crippen molar-refractivity contribution in [2.24, 2.45) is 7.05 Å². The van der Waals surface area contributed by atoms with Crippen molar-refractivity contribution < 1.29 is 0 Å². The van der Waals surface area contributed by atoms with Gasteiger partial charge in [0.05, 0.1) is 5.69 Å². The molecule has 1 aromatic heterocycles. The van der Waals surface area contributed by atoms with E-state index in [9.17, 15) is 0 Å². The summed E-state index contributed by atoms with van der Waals surface area (Å²) in [5.74, 6) is 0. The van der Waals surface area contributed by atoms with Crippen molar-refractivity contribution in [3.05, 3.63) is 57.3 Å². The molecule has 0 atom stereocenters. The minimum absolute atomic E-state index is 0.667. The Morgan fingerprint density at radius 2 is 1.90 bits per heavy atom. The van der Waals surface area contributed by atoms with Gasteiger partial charge in [0.1, 0.15) is 5.15 Å². The highest BCUT2D eigenvalue weighted by molar-refractivity contribution is 9.10. The number of rotatable bonds is 3. The van der Waals surface area contributed by atoms with Crippen LogP contribution in [0.3, 0.4) is 0 Å². The number of nitrogens with zero attached hydrogens (tertiary/aromatic N) is 2. The Labute approximate surface area is 137 Å². The average molecular weight is 365 g/mol. The van der Waals surface area contributed by atoms with Crippen LogP contribution in [0.25, 0.3) is 10.8 Å². The van der Waals surface area contributed by atoms with Gasteiger partial charge in [-0.15, -0.1) is 0 Å². The molecule has 0 aliphatic heterocycles. The number of anilines is 1. The molecule has 0 radical (unpaired) electrons. The lowest BCUT2D eigenvalue weighted by molar-refractivity contribution is 0.757. The number of benzene rings is 2. The maximum atomic E-state index is 6.25. The van der Waals surface area contributed by atoms with Crippen molar-refractivity contribution in [2.75, 3.05) is 5.32 Å². The second-order valence-corrected chi connectivity index (χ2v) is 6.31. The van der Waals surface area contributed by atoms with Crippen LogP contribution >= 0.6 is 27.5 Å². The van der Waals surface area contributed by atoms with E-state index >= 15 is 0 Å². The molecule has 5 heteroatoms. The number of aromatic nitrogens is 2. The minimum Gasteiger partial charge on any atom is -0.381 e. The normalized spacial score (nSPS) is 11.0. The fourth-order valence-electron chi connectivity index (χ4n) is 2.39. The van der Waals surface area contributed by atoms with Crippen LogP contribution in [0.2, 0.25) is 5.15 Å². The monoisotopic (exact) mass is 363 g/mol. The van der Waals surface area contributed by atoms with E-state index in [-0.39, 0.29) is 0 Å². The molecule has 0 amide bonds. The van der Waals surface area contributed by atoms with Crippen LogP contribution in [0.5, 0.6) is 0 Å². The molecule has 0 aliphatic rings. The van der Waals surface area contributed by atoms with Gasteiger partial charge in [-0.1, -0.05) is 39.7 Å². The van der Waals surface area contributed by atoms with Crippen LogP contribution in [-0.2, 0) is 13.6 Å². The van der Waals surface area contributed by atoms with Gasteiger partial charge in [0, 0.05) is 29.3 Å². The summed E-state index contributed by atoms with van der Waals surface area (Å²) in [7, 11) is 1.85. The molecular weight excluding hydrogens is 350 g/mol.